The van der Waals surface area contributed by atoms with E-state index >= 15 is 0 Å². The SMILES string of the molecule is COc1cccc([C@@H]2CC(c3ccccc3)=NN2C(=O)c2cccs2)c1. The Morgan fingerprint density at radius 2 is 1.96 bits per heavy atom. The molecule has 0 unspecified atom stereocenters. The molecule has 0 bridgehead atoms. The summed E-state index contributed by atoms with van der Waals surface area (Å²) in [7, 11) is 1.65. The lowest BCUT2D eigenvalue weighted by atomic mass is 9.98. The quantitative estimate of drug-likeness (QED) is 0.672. The number of hydrogen-bond donors (Lipinski definition) is 0. The van der Waals surface area contributed by atoms with Crippen LogP contribution in [0.4, 0.5) is 0 Å². The minimum atomic E-state index is -0.144. The first-order valence-corrected chi connectivity index (χ1v) is 9.28. The van der Waals surface area contributed by atoms with Crippen molar-refractivity contribution in [3.8, 4) is 5.75 Å². The van der Waals surface area contributed by atoms with Gasteiger partial charge in [-0.3, -0.25) is 4.79 Å². The maximum Gasteiger partial charge on any atom is 0.284 e. The first kappa shape index (κ1) is 16.5. The second-order valence-electron chi connectivity index (χ2n) is 6.04. The Bertz CT molecular complexity index is 936. The molecule has 1 aliphatic heterocycles. The number of thiophene rings is 1. The minimum absolute atomic E-state index is 0.0706. The van der Waals surface area contributed by atoms with Crippen LogP contribution in [0.25, 0.3) is 0 Å². The highest BCUT2D eigenvalue weighted by molar-refractivity contribution is 7.12. The lowest BCUT2D eigenvalue weighted by Gasteiger charge is -2.21. The smallest absolute Gasteiger partial charge is 0.284 e. The highest BCUT2D eigenvalue weighted by atomic mass is 32.1. The molecule has 1 aliphatic rings. The van der Waals surface area contributed by atoms with E-state index in [1.165, 1.54) is 11.3 Å². The van der Waals surface area contributed by atoms with Crippen LogP contribution in [0.3, 0.4) is 0 Å². The fraction of sp³-hybridized carbons (Fsp3) is 0.143. The number of nitrogens with zero attached hydrogens (tertiary/aromatic N) is 2. The normalized spacial score (nSPS) is 16.4. The average molecular weight is 362 g/mol. The molecule has 130 valence electrons. The van der Waals surface area contributed by atoms with E-state index in [1.807, 2.05) is 72.1 Å². The largest absolute Gasteiger partial charge is 0.497 e. The summed E-state index contributed by atoms with van der Waals surface area (Å²) in [5.41, 5.74) is 2.98. The Hall–Kier alpha value is -2.92. The molecule has 0 fully saturated rings. The molecule has 4 rings (SSSR count). The Labute approximate surface area is 156 Å². The first-order chi connectivity index (χ1) is 12.8. The van der Waals surface area contributed by atoms with Crippen LogP contribution in [0.1, 0.15) is 33.3 Å². The van der Waals surface area contributed by atoms with Gasteiger partial charge in [0, 0.05) is 6.42 Å². The van der Waals surface area contributed by atoms with E-state index in [9.17, 15) is 4.79 Å². The second kappa shape index (κ2) is 7.14. The number of ether oxygens (including phenoxy) is 1. The topological polar surface area (TPSA) is 41.9 Å². The third kappa shape index (κ3) is 3.13. The van der Waals surface area contributed by atoms with E-state index < -0.39 is 0 Å². The van der Waals surface area contributed by atoms with Crippen LogP contribution in [0.15, 0.2) is 77.2 Å². The Balaban J connectivity index is 1.73. The van der Waals surface area contributed by atoms with Crippen molar-refractivity contribution in [2.24, 2.45) is 5.10 Å². The van der Waals surface area contributed by atoms with Gasteiger partial charge < -0.3 is 4.74 Å². The van der Waals surface area contributed by atoms with E-state index in [-0.39, 0.29) is 11.9 Å². The molecule has 0 N–H and O–H groups in total. The summed E-state index contributed by atoms with van der Waals surface area (Å²) >= 11 is 1.43. The van der Waals surface area contributed by atoms with Gasteiger partial charge in [-0.25, -0.2) is 5.01 Å². The fourth-order valence-corrected chi connectivity index (χ4v) is 3.78. The predicted octanol–water partition coefficient (Wildman–Crippen LogP) is 4.75. The highest BCUT2D eigenvalue weighted by Gasteiger charge is 2.34. The standard InChI is InChI=1S/C21H18N2O2S/c1-25-17-10-5-9-16(13-17)19-14-18(15-7-3-2-4-8-15)22-23(19)21(24)20-11-6-12-26-20/h2-13,19H,14H2,1H3/t19-/m0/s1. The lowest BCUT2D eigenvalue weighted by Crippen LogP contribution is -2.26. The van der Waals surface area contributed by atoms with Gasteiger partial charge in [0.25, 0.3) is 5.91 Å². The number of carbonyl (C=O) groups is 1. The van der Waals surface area contributed by atoms with Gasteiger partial charge in [0.15, 0.2) is 0 Å². The number of methoxy groups -OCH3 is 1. The predicted molar refractivity (Wildman–Crippen MR) is 104 cm³/mol. The number of amides is 1. The Morgan fingerprint density at radius 1 is 1.12 bits per heavy atom. The van der Waals surface area contributed by atoms with E-state index in [1.54, 1.807) is 12.1 Å². The Kier molecular flexibility index (Phi) is 4.54. The van der Waals surface area contributed by atoms with Gasteiger partial charge in [0.2, 0.25) is 0 Å². The van der Waals surface area contributed by atoms with Gasteiger partial charge in [-0.2, -0.15) is 5.10 Å². The number of hydrogen-bond acceptors (Lipinski definition) is 4. The van der Waals surface area contributed by atoms with Crippen LogP contribution in [0, 0.1) is 0 Å². The number of benzene rings is 2. The number of hydrazone groups is 1. The maximum absolute atomic E-state index is 13.0. The molecule has 0 radical (unpaired) electrons. The van der Waals surface area contributed by atoms with Crippen molar-refractivity contribution >= 4 is 23.0 Å². The molecule has 2 aromatic carbocycles. The summed E-state index contributed by atoms with van der Waals surface area (Å²) in [6.45, 7) is 0. The molecule has 0 saturated carbocycles. The van der Waals surface area contributed by atoms with Gasteiger partial charge in [0.1, 0.15) is 5.75 Å². The molecule has 0 aliphatic carbocycles. The molecule has 2 heterocycles. The van der Waals surface area contributed by atoms with Crippen LogP contribution in [-0.2, 0) is 0 Å². The monoisotopic (exact) mass is 362 g/mol. The number of rotatable bonds is 4. The molecule has 26 heavy (non-hydrogen) atoms. The van der Waals surface area contributed by atoms with Crippen LogP contribution >= 0.6 is 11.3 Å². The zero-order valence-corrected chi connectivity index (χ0v) is 15.1. The van der Waals surface area contributed by atoms with Crippen LogP contribution in [0.2, 0.25) is 0 Å². The van der Waals surface area contributed by atoms with E-state index in [0.29, 0.717) is 11.3 Å². The second-order valence-corrected chi connectivity index (χ2v) is 6.98. The molecule has 1 amide bonds. The van der Waals surface area contributed by atoms with Gasteiger partial charge >= 0.3 is 0 Å². The highest BCUT2D eigenvalue weighted by Crippen LogP contribution is 2.35. The van der Waals surface area contributed by atoms with Crippen LogP contribution in [-0.4, -0.2) is 23.7 Å². The Morgan fingerprint density at radius 3 is 2.69 bits per heavy atom. The lowest BCUT2D eigenvalue weighted by molar-refractivity contribution is 0.0716. The van der Waals surface area contributed by atoms with Crippen molar-refractivity contribution in [3.63, 3.8) is 0 Å². The van der Waals surface area contributed by atoms with E-state index in [0.717, 1.165) is 22.6 Å². The molecule has 1 atom stereocenters. The summed E-state index contributed by atoms with van der Waals surface area (Å²) < 4.78 is 5.36. The van der Waals surface area contributed by atoms with Gasteiger partial charge in [0.05, 0.1) is 23.7 Å². The summed E-state index contributed by atoms with van der Waals surface area (Å²) in [5, 5.41) is 8.22. The molecule has 3 aromatic rings. The van der Waals surface area contributed by atoms with E-state index in [4.69, 9.17) is 9.84 Å². The van der Waals surface area contributed by atoms with Crippen molar-refractivity contribution < 1.29 is 9.53 Å². The van der Waals surface area contributed by atoms with Crippen molar-refractivity contribution in [3.05, 3.63) is 88.1 Å². The summed E-state index contributed by atoms with van der Waals surface area (Å²) in [4.78, 5) is 13.7. The van der Waals surface area contributed by atoms with Gasteiger partial charge in [-0.15, -0.1) is 11.3 Å². The zero-order valence-electron chi connectivity index (χ0n) is 14.3. The third-order valence-electron chi connectivity index (χ3n) is 4.44. The van der Waals surface area contributed by atoms with Crippen LogP contribution in [0.5, 0.6) is 5.75 Å². The van der Waals surface area contributed by atoms with Crippen molar-refractivity contribution in [2.45, 2.75) is 12.5 Å². The van der Waals surface area contributed by atoms with Crippen molar-refractivity contribution in [1.82, 2.24) is 5.01 Å². The molecular formula is C21H18N2O2S. The summed E-state index contributed by atoms with van der Waals surface area (Å²) in [5.74, 6) is 0.706. The van der Waals surface area contributed by atoms with Gasteiger partial charge in [-0.05, 0) is 34.7 Å². The average Bonchev–Trinajstić information content (AvgIpc) is 3.38. The number of carbonyl (C=O) groups excluding carboxylic acids is 1. The van der Waals surface area contributed by atoms with Crippen molar-refractivity contribution in [1.29, 1.82) is 0 Å². The van der Waals surface area contributed by atoms with Crippen LogP contribution < -0.4 is 4.74 Å². The molecule has 1 aromatic heterocycles. The first-order valence-electron chi connectivity index (χ1n) is 8.40. The van der Waals surface area contributed by atoms with Crippen molar-refractivity contribution in [2.75, 3.05) is 7.11 Å². The molecule has 5 heteroatoms. The fourth-order valence-electron chi connectivity index (χ4n) is 3.12. The molecule has 0 spiro atoms. The molecule has 0 saturated heterocycles. The molecule has 4 nitrogen and oxygen atoms in total. The molecular weight excluding hydrogens is 344 g/mol. The van der Waals surface area contributed by atoms with Gasteiger partial charge in [-0.1, -0.05) is 48.5 Å². The summed E-state index contributed by atoms with van der Waals surface area (Å²) in [6, 6.07) is 21.4. The third-order valence-corrected chi connectivity index (χ3v) is 5.29. The van der Waals surface area contributed by atoms with E-state index in [2.05, 4.69) is 0 Å². The zero-order chi connectivity index (χ0) is 17.9. The summed E-state index contributed by atoms with van der Waals surface area (Å²) in [6.07, 6.45) is 0.675. The maximum atomic E-state index is 13.0. The minimum Gasteiger partial charge on any atom is -0.497 e.